The second-order valence-electron chi connectivity index (χ2n) is 3.32. The number of fused-ring (bicyclic) bond motifs is 1. The molecule has 0 saturated heterocycles. The summed E-state index contributed by atoms with van der Waals surface area (Å²) in [7, 11) is -2.61. The van der Waals surface area contributed by atoms with Gasteiger partial charge in [0.15, 0.2) is 0 Å². The molecule has 16 heavy (non-hydrogen) atoms. The monoisotopic (exact) mass is 238 g/mol. The molecule has 2 aromatic carbocycles. The van der Waals surface area contributed by atoms with Crippen LogP contribution in [-0.4, -0.2) is 20.1 Å². The first-order chi connectivity index (χ1) is 7.52. The van der Waals surface area contributed by atoms with Crippen LogP contribution >= 0.6 is 0 Å². The quantitative estimate of drug-likeness (QED) is 0.814. The Kier molecular flexibility index (Phi) is 2.57. The summed E-state index contributed by atoms with van der Waals surface area (Å²) < 4.78 is 36.0. The molecule has 0 aliphatic carbocycles. The highest BCUT2D eigenvalue weighted by Gasteiger charge is 2.10. The lowest BCUT2D eigenvalue weighted by molar-refractivity contribution is 0.420. The number of methoxy groups -OCH3 is 1. The van der Waals surface area contributed by atoms with Gasteiger partial charge in [0, 0.05) is 5.39 Å². The van der Waals surface area contributed by atoms with Crippen LogP contribution in [0, 0.1) is 0 Å². The minimum absolute atomic E-state index is 0.117. The van der Waals surface area contributed by atoms with Gasteiger partial charge in [-0.05, 0) is 29.7 Å². The van der Waals surface area contributed by atoms with E-state index in [0.717, 1.165) is 5.39 Å². The highest BCUT2D eigenvalue weighted by Crippen LogP contribution is 2.27. The van der Waals surface area contributed by atoms with E-state index < -0.39 is 10.1 Å². The Labute approximate surface area is 93.2 Å². The van der Waals surface area contributed by atoms with Gasteiger partial charge in [-0.25, -0.2) is 0 Å². The minimum Gasteiger partial charge on any atom is -0.496 e. The third-order valence-corrected chi connectivity index (χ3v) is 3.18. The summed E-state index contributed by atoms with van der Waals surface area (Å²) in [5.41, 5.74) is 0. The SMILES string of the molecule is COc1cccc2cc(S(=O)(=O)O)ccc12. The molecule has 0 unspecified atom stereocenters. The molecule has 0 heterocycles. The smallest absolute Gasteiger partial charge is 0.294 e. The number of benzene rings is 2. The van der Waals surface area contributed by atoms with Crippen molar-refractivity contribution in [1.82, 2.24) is 0 Å². The number of ether oxygens (including phenoxy) is 1. The van der Waals surface area contributed by atoms with Gasteiger partial charge in [-0.3, -0.25) is 4.55 Å². The summed E-state index contributed by atoms with van der Waals surface area (Å²) in [6.45, 7) is 0. The number of hydrogen-bond acceptors (Lipinski definition) is 3. The van der Waals surface area contributed by atoms with E-state index in [-0.39, 0.29) is 4.90 Å². The highest BCUT2D eigenvalue weighted by atomic mass is 32.2. The van der Waals surface area contributed by atoms with E-state index in [1.807, 2.05) is 0 Å². The van der Waals surface area contributed by atoms with Crippen molar-refractivity contribution in [3.63, 3.8) is 0 Å². The fraction of sp³-hybridized carbons (Fsp3) is 0.0909. The molecule has 0 aliphatic heterocycles. The van der Waals surface area contributed by atoms with Crippen LogP contribution in [0.25, 0.3) is 10.8 Å². The highest BCUT2D eigenvalue weighted by molar-refractivity contribution is 7.85. The van der Waals surface area contributed by atoms with Crippen molar-refractivity contribution in [2.45, 2.75) is 4.90 Å². The molecule has 0 amide bonds. The molecule has 0 radical (unpaired) electrons. The number of hydrogen-bond donors (Lipinski definition) is 1. The van der Waals surface area contributed by atoms with Gasteiger partial charge in [0.2, 0.25) is 0 Å². The molecule has 2 aromatic rings. The van der Waals surface area contributed by atoms with Gasteiger partial charge < -0.3 is 4.74 Å². The summed E-state index contributed by atoms with van der Waals surface area (Å²) in [5.74, 6) is 0.666. The molecule has 5 heteroatoms. The molecule has 0 bridgehead atoms. The first kappa shape index (κ1) is 10.9. The molecule has 0 spiro atoms. The molecule has 0 aliphatic rings. The van der Waals surface area contributed by atoms with Crippen molar-refractivity contribution in [2.24, 2.45) is 0 Å². The van der Waals surface area contributed by atoms with E-state index in [1.54, 1.807) is 31.4 Å². The average Bonchev–Trinajstić information content (AvgIpc) is 2.26. The van der Waals surface area contributed by atoms with Crippen LogP contribution in [0.5, 0.6) is 5.75 Å². The first-order valence-electron chi connectivity index (χ1n) is 4.56. The first-order valence-corrected chi connectivity index (χ1v) is 6.00. The van der Waals surface area contributed by atoms with Gasteiger partial charge in [-0.2, -0.15) is 8.42 Å². The van der Waals surface area contributed by atoms with Crippen LogP contribution < -0.4 is 4.74 Å². The number of rotatable bonds is 2. The zero-order valence-corrected chi connectivity index (χ0v) is 9.36. The summed E-state index contributed by atoms with van der Waals surface area (Å²) in [5, 5.41) is 1.51. The second-order valence-corrected chi connectivity index (χ2v) is 4.74. The van der Waals surface area contributed by atoms with E-state index in [1.165, 1.54) is 12.1 Å². The minimum atomic E-state index is -4.15. The van der Waals surface area contributed by atoms with Crippen LogP contribution in [0.15, 0.2) is 41.3 Å². The third kappa shape index (κ3) is 1.87. The standard InChI is InChI=1S/C11H10O4S/c1-15-11-4-2-3-8-7-9(16(12,13)14)5-6-10(8)11/h2-7H,1H3,(H,12,13,14). The maximum Gasteiger partial charge on any atom is 0.294 e. The Balaban J connectivity index is 2.74. The van der Waals surface area contributed by atoms with Crippen LogP contribution in [0.4, 0.5) is 0 Å². The molecule has 84 valence electrons. The predicted molar refractivity (Wildman–Crippen MR) is 60.3 cm³/mol. The van der Waals surface area contributed by atoms with Gasteiger partial charge in [-0.1, -0.05) is 12.1 Å². The molecule has 4 nitrogen and oxygen atoms in total. The molecule has 2 rings (SSSR count). The molecule has 0 atom stereocenters. The Hall–Kier alpha value is -1.59. The van der Waals surface area contributed by atoms with Crippen LogP contribution in [-0.2, 0) is 10.1 Å². The van der Waals surface area contributed by atoms with E-state index in [4.69, 9.17) is 9.29 Å². The molecular weight excluding hydrogens is 228 g/mol. The topological polar surface area (TPSA) is 63.6 Å². The van der Waals surface area contributed by atoms with Crippen molar-refractivity contribution in [2.75, 3.05) is 7.11 Å². The van der Waals surface area contributed by atoms with Gasteiger partial charge in [0.05, 0.1) is 12.0 Å². The van der Waals surface area contributed by atoms with Crippen LogP contribution in [0.3, 0.4) is 0 Å². The lowest BCUT2D eigenvalue weighted by Gasteiger charge is -2.05. The van der Waals surface area contributed by atoms with Gasteiger partial charge in [-0.15, -0.1) is 0 Å². The summed E-state index contributed by atoms with van der Waals surface area (Å²) >= 11 is 0. The Morgan fingerprint density at radius 2 is 1.94 bits per heavy atom. The van der Waals surface area contributed by atoms with Crippen molar-refractivity contribution in [3.05, 3.63) is 36.4 Å². The average molecular weight is 238 g/mol. The molecular formula is C11H10O4S. The van der Waals surface area contributed by atoms with Crippen LogP contribution in [0.1, 0.15) is 0 Å². The van der Waals surface area contributed by atoms with E-state index in [0.29, 0.717) is 11.1 Å². The lowest BCUT2D eigenvalue weighted by Crippen LogP contribution is -1.97. The maximum absolute atomic E-state index is 11.0. The fourth-order valence-corrected chi connectivity index (χ4v) is 2.09. The fourth-order valence-electron chi connectivity index (χ4n) is 1.57. The van der Waals surface area contributed by atoms with E-state index in [2.05, 4.69) is 0 Å². The summed E-state index contributed by atoms with van der Waals surface area (Å²) in [4.78, 5) is -0.117. The maximum atomic E-state index is 11.0. The Morgan fingerprint density at radius 1 is 1.19 bits per heavy atom. The zero-order valence-electron chi connectivity index (χ0n) is 8.54. The largest absolute Gasteiger partial charge is 0.496 e. The molecule has 1 N–H and O–H groups in total. The predicted octanol–water partition coefficient (Wildman–Crippen LogP) is 2.10. The Morgan fingerprint density at radius 3 is 2.56 bits per heavy atom. The van der Waals surface area contributed by atoms with Crippen molar-refractivity contribution >= 4 is 20.9 Å². The van der Waals surface area contributed by atoms with Gasteiger partial charge >= 0.3 is 0 Å². The lowest BCUT2D eigenvalue weighted by atomic mass is 10.1. The normalized spacial score (nSPS) is 11.6. The van der Waals surface area contributed by atoms with Crippen molar-refractivity contribution in [1.29, 1.82) is 0 Å². The van der Waals surface area contributed by atoms with Crippen LogP contribution in [0.2, 0.25) is 0 Å². The van der Waals surface area contributed by atoms with E-state index in [9.17, 15) is 8.42 Å². The van der Waals surface area contributed by atoms with Gasteiger partial charge in [0.25, 0.3) is 10.1 Å². The summed E-state index contributed by atoms with van der Waals surface area (Å²) in [6.07, 6.45) is 0. The Bertz CT molecular complexity index is 631. The third-order valence-electron chi connectivity index (χ3n) is 2.33. The van der Waals surface area contributed by atoms with E-state index >= 15 is 0 Å². The molecule has 0 saturated carbocycles. The zero-order chi connectivity index (χ0) is 11.8. The molecule has 0 fully saturated rings. The second kappa shape index (κ2) is 3.77. The molecule has 0 aromatic heterocycles. The van der Waals surface area contributed by atoms with Gasteiger partial charge in [0.1, 0.15) is 5.75 Å². The van der Waals surface area contributed by atoms with Crippen molar-refractivity contribution in [3.8, 4) is 5.75 Å². The van der Waals surface area contributed by atoms with Crippen molar-refractivity contribution < 1.29 is 17.7 Å². The summed E-state index contributed by atoms with van der Waals surface area (Å²) in [6, 6.07) is 9.67.